The third-order valence-electron chi connectivity index (χ3n) is 4.38. The molecule has 2 unspecified atom stereocenters. The van der Waals surface area contributed by atoms with Gasteiger partial charge in [-0.25, -0.2) is 0 Å². The van der Waals surface area contributed by atoms with Crippen molar-refractivity contribution in [2.75, 3.05) is 13.1 Å². The molecule has 3 heteroatoms. The average molecular weight is 314 g/mol. The average Bonchev–Trinajstić information content (AvgIpc) is 2.72. The summed E-state index contributed by atoms with van der Waals surface area (Å²) in [7, 11) is 0. The van der Waals surface area contributed by atoms with Gasteiger partial charge in [-0.1, -0.05) is 6.92 Å². The highest BCUT2D eigenvalue weighted by Gasteiger charge is 2.53. The predicted molar refractivity (Wildman–Crippen MR) is 77.5 cm³/mol. The third kappa shape index (κ3) is 2.61. The fourth-order valence-electron chi connectivity index (χ4n) is 3.56. The van der Waals surface area contributed by atoms with Crippen LogP contribution in [0.25, 0.3) is 0 Å². The van der Waals surface area contributed by atoms with Crippen molar-refractivity contribution in [1.82, 2.24) is 5.32 Å². The van der Waals surface area contributed by atoms with Crippen molar-refractivity contribution in [2.45, 2.75) is 32.6 Å². The Morgan fingerprint density at radius 3 is 2.82 bits per heavy atom. The molecule has 3 rings (SSSR count). The smallest absolute Gasteiger partial charge is 0.0285 e. The molecule has 2 aliphatic rings. The van der Waals surface area contributed by atoms with Crippen LogP contribution < -0.4 is 5.32 Å². The third-order valence-corrected chi connectivity index (χ3v) is 6.08. The monoisotopic (exact) mass is 313 g/mol. The van der Waals surface area contributed by atoms with E-state index in [1.54, 1.807) is 4.88 Å². The lowest BCUT2D eigenvalue weighted by Gasteiger charge is -2.31. The van der Waals surface area contributed by atoms with Crippen LogP contribution in [0.5, 0.6) is 0 Å². The maximum atomic E-state index is 3.59. The molecule has 0 bridgehead atoms. The Bertz CT molecular complexity index is 391. The van der Waals surface area contributed by atoms with E-state index in [2.05, 4.69) is 39.6 Å². The molecule has 0 spiro atoms. The molecule has 1 heterocycles. The summed E-state index contributed by atoms with van der Waals surface area (Å²) < 4.78 is 1.25. The summed E-state index contributed by atoms with van der Waals surface area (Å²) in [6.45, 7) is 4.53. The first-order valence-electron chi connectivity index (χ1n) is 6.64. The Hall–Kier alpha value is 0.140. The maximum absolute atomic E-state index is 3.59. The Morgan fingerprint density at radius 1 is 1.47 bits per heavy atom. The van der Waals surface area contributed by atoms with Crippen LogP contribution in [0.2, 0.25) is 0 Å². The SMILES string of the molecule is CCNCC1(Cc2cc(Br)cs2)CC2CC2C1. The normalized spacial score (nSPS) is 34.9. The number of halogens is 1. The molecule has 2 aliphatic carbocycles. The van der Waals surface area contributed by atoms with Crippen LogP contribution in [0, 0.1) is 17.3 Å². The molecule has 0 radical (unpaired) electrons. The number of hydrogen-bond acceptors (Lipinski definition) is 2. The second-order valence-corrected chi connectivity index (χ2v) is 7.76. The minimum Gasteiger partial charge on any atom is -0.316 e. The fraction of sp³-hybridized carbons (Fsp3) is 0.714. The molecule has 2 atom stereocenters. The Balaban J connectivity index is 1.70. The maximum Gasteiger partial charge on any atom is 0.0285 e. The first kappa shape index (κ1) is 12.2. The van der Waals surface area contributed by atoms with Crippen molar-refractivity contribution in [3.05, 3.63) is 20.8 Å². The van der Waals surface area contributed by atoms with E-state index in [0.717, 1.165) is 18.4 Å². The van der Waals surface area contributed by atoms with Gasteiger partial charge in [-0.15, -0.1) is 11.3 Å². The van der Waals surface area contributed by atoms with E-state index < -0.39 is 0 Å². The van der Waals surface area contributed by atoms with Gasteiger partial charge in [0.2, 0.25) is 0 Å². The molecule has 0 amide bonds. The predicted octanol–water partition coefficient (Wildman–Crippen LogP) is 4.08. The van der Waals surface area contributed by atoms with Crippen LogP contribution in [0.1, 0.15) is 31.1 Å². The van der Waals surface area contributed by atoms with Gasteiger partial charge >= 0.3 is 0 Å². The van der Waals surface area contributed by atoms with Crippen LogP contribution in [0.3, 0.4) is 0 Å². The number of thiophene rings is 1. The molecule has 1 N–H and O–H groups in total. The van der Waals surface area contributed by atoms with Gasteiger partial charge in [-0.3, -0.25) is 0 Å². The highest BCUT2D eigenvalue weighted by atomic mass is 79.9. The molecule has 17 heavy (non-hydrogen) atoms. The summed E-state index contributed by atoms with van der Waals surface area (Å²) in [5, 5.41) is 5.81. The zero-order valence-electron chi connectivity index (χ0n) is 10.3. The molecule has 1 aromatic heterocycles. The molecular weight excluding hydrogens is 294 g/mol. The van der Waals surface area contributed by atoms with E-state index in [0.29, 0.717) is 5.41 Å². The van der Waals surface area contributed by atoms with Gasteiger partial charge in [0.25, 0.3) is 0 Å². The zero-order valence-corrected chi connectivity index (χ0v) is 12.7. The molecule has 2 saturated carbocycles. The van der Waals surface area contributed by atoms with Gasteiger partial charge in [0, 0.05) is 21.3 Å². The van der Waals surface area contributed by atoms with Crippen LogP contribution in [-0.4, -0.2) is 13.1 Å². The topological polar surface area (TPSA) is 12.0 Å². The molecule has 0 saturated heterocycles. The van der Waals surface area contributed by atoms with E-state index in [1.165, 1.54) is 36.7 Å². The van der Waals surface area contributed by atoms with E-state index in [9.17, 15) is 0 Å². The second kappa shape index (κ2) is 4.67. The van der Waals surface area contributed by atoms with Crippen molar-refractivity contribution in [3.8, 4) is 0 Å². The quantitative estimate of drug-likeness (QED) is 0.863. The van der Waals surface area contributed by atoms with E-state index in [-0.39, 0.29) is 0 Å². The standard InChI is InChI=1S/C14H20BrNS/c1-2-16-9-14(5-10-3-11(10)6-14)7-13-4-12(15)8-17-13/h4,8,10-11,16H,2-3,5-7,9H2,1H3. The van der Waals surface area contributed by atoms with E-state index in [1.807, 2.05) is 11.3 Å². The van der Waals surface area contributed by atoms with Gasteiger partial charge in [-0.05, 0) is 71.5 Å². The summed E-state index contributed by atoms with van der Waals surface area (Å²) in [5.74, 6) is 2.13. The van der Waals surface area contributed by atoms with Crippen molar-refractivity contribution in [2.24, 2.45) is 17.3 Å². The molecule has 2 fully saturated rings. The van der Waals surface area contributed by atoms with Gasteiger partial charge in [0.15, 0.2) is 0 Å². The highest BCUT2D eigenvalue weighted by molar-refractivity contribution is 9.10. The van der Waals surface area contributed by atoms with Crippen LogP contribution in [0.15, 0.2) is 15.9 Å². The second-order valence-electron chi connectivity index (χ2n) is 5.85. The first-order valence-corrected chi connectivity index (χ1v) is 8.32. The zero-order chi connectivity index (χ0) is 11.9. The van der Waals surface area contributed by atoms with E-state index in [4.69, 9.17) is 0 Å². The molecule has 94 valence electrons. The highest BCUT2D eigenvalue weighted by Crippen LogP contribution is 2.60. The minimum absolute atomic E-state index is 0.563. The number of fused-ring (bicyclic) bond motifs is 1. The lowest BCUT2D eigenvalue weighted by atomic mass is 9.79. The Labute approximate surface area is 116 Å². The number of nitrogens with one attached hydrogen (secondary N) is 1. The van der Waals surface area contributed by atoms with Gasteiger partial charge in [0.1, 0.15) is 0 Å². The van der Waals surface area contributed by atoms with Crippen LogP contribution in [0.4, 0.5) is 0 Å². The summed E-state index contributed by atoms with van der Waals surface area (Å²) in [6, 6.07) is 2.31. The van der Waals surface area contributed by atoms with Crippen molar-refractivity contribution < 1.29 is 0 Å². The van der Waals surface area contributed by atoms with Gasteiger partial charge in [0.05, 0.1) is 0 Å². The van der Waals surface area contributed by atoms with Crippen molar-refractivity contribution >= 4 is 27.3 Å². The van der Waals surface area contributed by atoms with Gasteiger partial charge < -0.3 is 5.32 Å². The summed E-state index contributed by atoms with van der Waals surface area (Å²) in [5.41, 5.74) is 0.563. The van der Waals surface area contributed by atoms with Crippen LogP contribution >= 0.6 is 27.3 Å². The lowest BCUT2D eigenvalue weighted by molar-refractivity contribution is 0.252. The molecule has 0 aliphatic heterocycles. The molecule has 0 aromatic carbocycles. The number of rotatable bonds is 5. The Kier molecular flexibility index (Phi) is 3.35. The Morgan fingerprint density at radius 2 is 2.24 bits per heavy atom. The lowest BCUT2D eigenvalue weighted by Crippen LogP contribution is -2.35. The van der Waals surface area contributed by atoms with Gasteiger partial charge in [-0.2, -0.15) is 0 Å². The van der Waals surface area contributed by atoms with Crippen molar-refractivity contribution in [3.63, 3.8) is 0 Å². The summed E-state index contributed by atoms with van der Waals surface area (Å²) >= 11 is 5.48. The minimum atomic E-state index is 0.563. The van der Waals surface area contributed by atoms with Crippen molar-refractivity contribution in [1.29, 1.82) is 0 Å². The molecule has 1 nitrogen and oxygen atoms in total. The largest absolute Gasteiger partial charge is 0.316 e. The summed E-state index contributed by atoms with van der Waals surface area (Å²) in [6.07, 6.45) is 5.71. The fourth-order valence-corrected chi connectivity index (χ4v) is 5.19. The summed E-state index contributed by atoms with van der Waals surface area (Å²) in [4.78, 5) is 1.55. The molecular formula is C14H20BrNS. The number of hydrogen-bond donors (Lipinski definition) is 1. The first-order chi connectivity index (χ1) is 8.21. The van der Waals surface area contributed by atoms with Crippen LogP contribution in [-0.2, 0) is 6.42 Å². The van der Waals surface area contributed by atoms with E-state index >= 15 is 0 Å². The molecule has 1 aromatic rings.